The van der Waals surface area contributed by atoms with Crippen LogP contribution in [0.3, 0.4) is 0 Å². The van der Waals surface area contributed by atoms with Crippen LogP contribution in [0, 0.1) is 0 Å². The Bertz CT molecular complexity index is 266. The molecule has 0 aliphatic carbocycles. The third kappa shape index (κ3) is 7.10. The molecule has 16 heavy (non-hydrogen) atoms. The first-order valence-corrected chi connectivity index (χ1v) is 5.72. The van der Waals surface area contributed by atoms with Crippen LogP contribution in [0.1, 0.15) is 26.7 Å². The smallest absolute Gasteiger partial charge is 0.120 e. The van der Waals surface area contributed by atoms with E-state index in [0.29, 0.717) is 13.0 Å². The van der Waals surface area contributed by atoms with Gasteiger partial charge >= 0.3 is 0 Å². The molecular formula is C13H22FNO. The summed E-state index contributed by atoms with van der Waals surface area (Å²) in [5.41, 5.74) is 0.966. The van der Waals surface area contributed by atoms with E-state index in [0.717, 1.165) is 11.4 Å². The summed E-state index contributed by atoms with van der Waals surface area (Å²) in [6.45, 7) is 4.63. The van der Waals surface area contributed by atoms with Gasteiger partial charge in [-0.05, 0) is 18.6 Å². The zero-order valence-electron chi connectivity index (χ0n) is 10.4. The number of benzene rings is 1. The third-order valence-electron chi connectivity index (χ3n) is 1.71. The Morgan fingerprint density at radius 1 is 1.31 bits per heavy atom. The van der Waals surface area contributed by atoms with E-state index >= 15 is 0 Å². The molecule has 0 atom stereocenters. The van der Waals surface area contributed by atoms with Crippen LogP contribution in [-0.2, 0) is 0 Å². The Morgan fingerprint density at radius 3 is 2.56 bits per heavy atom. The van der Waals surface area contributed by atoms with Gasteiger partial charge in [-0.3, -0.25) is 4.39 Å². The summed E-state index contributed by atoms with van der Waals surface area (Å²) in [5, 5.41) is 3.10. The van der Waals surface area contributed by atoms with Crippen LogP contribution in [0.15, 0.2) is 24.3 Å². The number of ether oxygens (including phenoxy) is 1. The summed E-state index contributed by atoms with van der Waals surface area (Å²) in [5.74, 6) is 0.810. The van der Waals surface area contributed by atoms with E-state index in [9.17, 15) is 4.39 Å². The van der Waals surface area contributed by atoms with Crippen LogP contribution in [0.4, 0.5) is 10.1 Å². The molecule has 3 heteroatoms. The van der Waals surface area contributed by atoms with Crippen molar-refractivity contribution in [3.05, 3.63) is 24.3 Å². The second-order valence-electron chi connectivity index (χ2n) is 3.41. The fourth-order valence-electron chi connectivity index (χ4n) is 1.03. The molecule has 92 valence electrons. The maximum Gasteiger partial charge on any atom is 0.120 e. The van der Waals surface area contributed by atoms with Crippen molar-refractivity contribution >= 4 is 5.69 Å². The lowest BCUT2D eigenvalue weighted by Gasteiger charge is -2.06. The summed E-state index contributed by atoms with van der Waals surface area (Å²) in [4.78, 5) is 0. The van der Waals surface area contributed by atoms with Crippen molar-refractivity contribution in [1.82, 2.24) is 0 Å². The molecule has 0 heterocycles. The van der Waals surface area contributed by atoms with Crippen molar-refractivity contribution in [3.8, 4) is 5.75 Å². The lowest BCUT2D eigenvalue weighted by molar-refractivity contribution is 0.415. The molecule has 0 spiro atoms. The molecule has 0 aliphatic heterocycles. The van der Waals surface area contributed by atoms with Gasteiger partial charge in [-0.25, -0.2) is 0 Å². The van der Waals surface area contributed by atoms with E-state index in [1.807, 2.05) is 24.3 Å². The van der Waals surface area contributed by atoms with Gasteiger partial charge in [0.15, 0.2) is 0 Å². The average Bonchev–Trinajstić information content (AvgIpc) is 2.31. The SMILES string of the molecule is CCC.COc1cccc(NCCCF)c1. The number of hydrogen-bond acceptors (Lipinski definition) is 2. The minimum atomic E-state index is -0.281. The first-order chi connectivity index (χ1) is 7.78. The van der Waals surface area contributed by atoms with Gasteiger partial charge in [0, 0.05) is 18.3 Å². The minimum absolute atomic E-state index is 0.281. The molecule has 1 rings (SSSR count). The highest BCUT2D eigenvalue weighted by Gasteiger charge is 1.93. The van der Waals surface area contributed by atoms with E-state index in [2.05, 4.69) is 19.2 Å². The monoisotopic (exact) mass is 227 g/mol. The van der Waals surface area contributed by atoms with Crippen molar-refractivity contribution in [2.75, 3.05) is 25.6 Å². The average molecular weight is 227 g/mol. The van der Waals surface area contributed by atoms with Crippen LogP contribution < -0.4 is 10.1 Å². The highest BCUT2D eigenvalue weighted by atomic mass is 19.1. The number of methoxy groups -OCH3 is 1. The Labute approximate surface area is 97.8 Å². The second kappa shape index (κ2) is 10.3. The Morgan fingerprint density at radius 2 is 2.00 bits per heavy atom. The van der Waals surface area contributed by atoms with Gasteiger partial charge in [-0.15, -0.1) is 0 Å². The molecule has 1 N–H and O–H groups in total. The van der Waals surface area contributed by atoms with Gasteiger partial charge in [0.05, 0.1) is 13.8 Å². The summed E-state index contributed by atoms with van der Waals surface area (Å²) in [6.07, 6.45) is 1.79. The van der Waals surface area contributed by atoms with E-state index in [4.69, 9.17) is 4.74 Å². The molecule has 0 saturated heterocycles. The van der Waals surface area contributed by atoms with Gasteiger partial charge in [0.25, 0.3) is 0 Å². The molecule has 0 saturated carbocycles. The van der Waals surface area contributed by atoms with Crippen molar-refractivity contribution in [2.24, 2.45) is 0 Å². The van der Waals surface area contributed by atoms with E-state index in [1.165, 1.54) is 6.42 Å². The van der Waals surface area contributed by atoms with Crippen LogP contribution in [0.2, 0.25) is 0 Å². The number of rotatable bonds is 5. The van der Waals surface area contributed by atoms with Crippen molar-refractivity contribution in [3.63, 3.8) is 0 Å². The van der Waals surface area contributed by atoms with Gasteiger partial charge in [0.2, 0.25) is 0 Å². The second-order valence-corrected chi connectivity index (χ2v) is 3.41. The highest BCUT2D eigenvalue weighted by Crippen LogP contribution is 2.16. The maximum absolute atomic E-state index is 11.8. The molecule has 0 fully saturated rings. The van der Waals surface area contributed by atoms with Gasteiger partial charge in [0.1, 0.15) is 5.75 Å². The number of hydrogen-bond donors (Lipinski definition) is 1. The Hall–Kier alpha value is -1.25. The fourth-order valence-corrected chi connectivity index (χ4v) is 1.03. The van der Waals surface area contributed by atoms with Gasteiger partial charge < -0.3 is 10.1 Å². The quantitative estimate of drug-likeness (QED) is 0.771. The summed E-state index contributed by atoms with van der Waals surface area (Å²) in [7, 11) is 1.63. The van der Waals surface area contributed by atoms with E-state index in [-0.39, 0.29) is 6.67 Å². The first-order valence-electron chi connectivity index (χ1n) is 5.72. The van der Waals surface area contributed by atoms with Crippen LogP contribution in [0.5, 0.6) is 5.75 Å². The normalized spacial score (nSPS) is 9.00. The zero-order chi connectivity index (χ0) is 12.2. The minimum Gasteiger partial charge on any atom is -0.497 e. The maximum atomic E-state index is 11.8. The number of nitrogens with one attached hydrogen (secondary N) is 1. The molecule has 0 amide bonds. The molecule has 0 bridgehead atoms. The molecule has 0 unspecified atom stereocenters. The number of anilines is 1. The number of halogens is 1. The largest absolute Gasteiger partial charge is 0.497 e. The van der Waals surface area contributed by atoms with Crippen LogP contribution in [0.25, 0.3) is 0 Å². The van der Waals surface area contributed by atoms with Crippen LogP contribution in [-0.4, -0.2) is 20.3 Å². The summed E-state index contributed by atoms with van der Waals surface area (Å²) < 4.78 is 16.8. The highest BCUT2D eigenvalue weighted by molar-refractivity contribution is 5.47. The third-order valence-corrected chi connectivity index (χ3v) is 1.71. The zero-order valence-corrected chi connectivity index (χ0v) is 10.4. The molecule has 0 aromatic heterocycles. The van der Waals surface area contributed by atoms with Gasteiger partial charge in [-0.2, -0.15) is 0 Å². The molecule has 0 radical (unpaired) electrons. The first kappa shape index (κ1) is 14.8. The standard InChI is InChI=1S/C10H14FNO.C3H8/c1-13-10-5-2-4-9(8-10)12-7-3-6-11;1-3-2/h2,4-5,8,12H,3,6-7H2,1H3;3H2,1-2H3. The predicted octanol–water partition coefficient (Wildman–Crippen LogP) is 3.88. The van der Waals surface area contributed by atoms with Gasteiger partial charge in [-0.1, -0.05) is 26.3 Å². The summed E-state index contributed by atoms with van der Waals surface area (Å²) >= 11 is 0. The fraction of sp³-hybridized carbons (Fsp3) is 0.538. The Kier molecular flexibility index (Phi) is 9.47. The van der Waals surface area contributed by atoms with E-state index < -0.39 is 0 Å². The lowest BCUT2D eigenvalue weighted by atomic mass is 10.3. The topological polar surface area (TPSA) is 21.3 Å². The lowest BCUT2D eigenvalue weighted by Crippen LogP contribution is -2.01. The molecule has 1 aromatic rings. The number of alkyl halides is 1. The molecule has 0 aliphatic rings. The van der Waals surface area contributed by atoms with E-state index in [1.54, 1.807) is 7.11 Å². The predicted molar refractivity (Wildman–Crippen MR) is 68.0 cm³/mol. The van der Waals surface area contributed by atoms with Crippen molar-refractivity contribution < 1.29 is 9.13 Å². The molecular weight excluding hydrogens is 205 g/mol. The molecule has 1 aromatic carbocycles. The van der Waals surface area contributed by atoms with Crippen LogP contribution >= 0.6 is 0 Å². The van der Waals surface area contributed by atoms with Crippen molar-refractivity contribution in [1.29, 1.82) is 0 Å². The van der Waals surface area contributed by atoms with Crippen molar-refractivity contribution in [2.45, 2.75) is 26.7 Å². The molecule has 2 nitrogen and oxygen atoms in total. The Balaban J connectivity index is 0.000000673. The summed E-state index contributed by atoms with van der Waals surface area (Å²) in [6, 6.07) is 7.59.